The van der Waals surface area contributed by atoms with Crippen molar-refractivity contribution in [1.82, 2.24) is 0 Å². The first-order valence-corrected chi connectivity index (χ1v) is 6.71. The summed E-state index contributed by atoms with van der Waals surface area (Å²) in [4.78, 5) is 24.6. The van der Waals surface area contributed by atoms with Crippen LogP contribution < -0.4 is 4.90 Å². The second-order valence-electron chi connectivity index (χ2n) is 5.03. The average molecular weight is 261 g/mol. The predicted molar refractivity (Wildman–Crippen MR) is 73.2 cm³/mol. The summed E-state index contributed by atoms with van der Waals surface area (Å²) < 4.78 is 0. The minimum Gasteiger partial charge on any atom is -0.481 e. The van der Waals surface area contributed by atoms with E-state index in [1.807, 2.05) is 30.0 Å². The van der Waals surface area contributed by atoms with Crippen molar-refractivity contribution in [2.24, 2.45) is 0 Å². The first kappa shape index (κ1) is 13.6. The van der Waals surface area contributed by atoms with Crippen molar-refractivity contribution in [3.8, 4) is 0 Å². The number of aryl methyl sites for hydroxylation is 1. The monoisotopic (exact) mass is 261 g/mol. The largest absolute Gasteiger partial charge is 0.481 e. The molecule has 1 atom stereocenters. The Hall–Kier alpha value is -1.84. The van der Waals surface area contributed by atoms with E-state index in [2.05, 4.69) is 6.07 Å². The molecule has 0 unspecified atom stereocenters. The number of carbonyl (C=O) groups is 2. The molecule has 0 bridgehead atoms. The number of amides is 1. The van der Waals surface area contributed by atoms with E-state index in [9.17, 15) is 9.59 Å². The van der Waals surface area contributed by atoms with Crippen LogP contribution in [-0.4, -0.2) is 23.0 Å². The molecule has 0 radical (unpaired) electrons. The summed E-state index contributed by atoms with van der Waals surface area (Å²) in [6, 6.07) is 8.14. The second kappa shape index (κ2) is 5.87. The zero-order chi connectivity index (χ0) is 13.8. The maximum Gasteiger partial charge on any atom is 0.303 e. The van der Waals surface area contributed by atoms with Gasteiger partial charge in [-0.05, 0) is 37.8 Å². The van der Waals surface area contributed by atoms with Gasteiger partial charge in [0.05, 0.1) is 0 Å². The number of nitrogens with zero attached hydrogens (tertiary/aromatic N) is 1. The van der Waals surface area contributed by atoms with Crippen molar-refractivity contribution in [3.05, 3.63) is 29.8 Å². The summed E-state index contributed by atoms with van der Waals surface area (Å²) in [5.41, 5.74) is 2.19. The molecule has 1 amide bonds. The fraction of sp³-hybridized carbons (Fsp3) is 0.467. The number of para-hydroxylation sites is 1. The van der Waals surface area contributed by atoms with Gasteiger partial charge in [-0.3, -0.25) is 9.59 Å². The van der Waals surface area contributed by atoms with Gasteiger partial charge in [-0.15, -0.1) is 0 Å². The number of anilines is 1. The van der Waals surface area contributed by atoms with Crippen LogP contribution in [0.3, 0.4) is 0 Å². The SMILES string of the molecule is C[C@@H]1CCc2ccccc2N1C(=O)CCCC(=O)O. The molecule has 1 heterocycles. The highest BCUT2D eigenvalue weighted by molar-refractivity contribution is 5.95. The minimum absolute atomic E-state index is 0.0286. The van der Waals surface area contributed by atoms with E-state index in [1.54, 1.807) is 0 Å². The lowest BCUT2D eigenvalue weighted by Crippen LogP contribution is -2.42. The van der Waals surface area contributed by atoms with Crippen LogP contribution in [0.1, 0.15) is 38.2 Å². The third-order valence-electron chi connectivity index (χ3n) is 3.57. The quantitative estimate of drug-likeness (QED) is 0.906. The van der Waals surface area contributed by atoms with Gasteiger partial charge in [-0.25, -0.2) is 0 Å². The summed E-state index contributed by atoms with van der Waals surface area (Å²) in [7, 11) is 0. The van der Waals surface area contributed by atoms with Crippen LogP contribution in [0.15, 0.2) is 24.3 Å². The standard InChI is InChI=1S/C15H19NO3/c1-11-9-10-12-5-2-3-6-13(12)16(11)14(17)7-4-8-15(18)19/h2-3,5-6,11H,4,7-10H2,1H3,(H,18,19)/t11-/m1/s1. The molecule has 0 spiro atoms. The van der Waals surface area contributed by atoms with Gasteiger partial charge in [0.2, 0.25) is 5.91 Å². The van der Waals surface area contributed by atoms with Gasteiger partial charge in [-0.2, -0.15) is 0 Å². The molecule has 19 heavy (non-hydrogen) atoms. The van der Waals surface area contributed by atoms with Crippen molar-refractivity contribution in [3.63, 3.8) is 0 Å². The van der Waals surface area contributed by atoms with Gasteiger partial charge in [0.1, 0.15) is 0 Å². The van der Waals surface area contributed by atoms with Crippen molar-refractivity contribution >= 4 is 17.6 Å². The van der Waals surface area contributed by atoms with E-state index in [1.165, 1.54) is 5.56 Å². The Kier molecular flexibility index (Phi) is 4.20. The van der Waals surface area contributed by atoms with Crippen LogP contribution in [0.4, 0.5) is 5.69 Å². The van der Waals surface area contributed by atoms with Crippen LogP contribution in [-0.2, 0) is 16.0 Å². The maximum absolute atomic E-state index is 12.3. The normalized spacial score (nSPS) is 17.9. The number of hydrogen-bond donors (Lipinski definition) is 1. The predicted octanol–water partition coefficient (Wildman–Crippen LogP) is 2.61. The maximum atomic E-state index is 12.3. The molecule has 2 rings (SSSR count). The molecule has 1 aliphatic heterocycles. The van der Waals surface area contributed by atoms with Gasteiger partial charge < -0.3 is 10.0 Å². The van der Waals surface area contributed by atoms with Gasteiger partial charge in [0.25, 0.3) is 0 Å². The lowest BCUT2D eigenvalue weighted by molar-refractivity contribution is -0.137. The van der Waals surface area contributed by atoms with Crippen LogP contribution in [0, 0.1) is 0 Å². The Morgan fingerprint density at radius 1 is 1.32 bits per heavy atom. The third kappa shape index (κ3) is 3.13. The fourth-order valence-corrected chi connectivity index (χ4v) is 2.58. The molecule has 1 N–H and O–H groups in total. The molecule has 0 saturated carbocycles. The Morgan fingerprint density at radius 2 is 2.05 bits per heavy atom. The summed E-state index contributed by atoms with van der Waals surface area (Å²) in [5, 5.41) is 8.62. The van der Waals surface area contributed by atoms with Crippen LogP contribution in [0.5, 0.6) is 0 Å². The Balaban J connectivity index is 2.10. The third-order valence-corrected chi connectivity index (χ3v) is 3.57. The first-order chi connectivity index (χ1) is 9.09. The van der Waals surface area contributed by atoms with Crippen molar-refractivity contribution < 1.29 is 14.7 Å². The fourth-order valence-electron chi connectivity index (χ4n) is 2.58. The second-order valence-corrected chi connectivity index (χ2v) is 5.03. The van der Waals surface area contributed by atoms with E-state index >= 15 is 0 Å². The minimum atomic E-state index is -0.847. The van der Waals surface area contributed by atoms with Crippen LogP contribution in [0.2, 0.25) is 0 Å². The average Bonchev–Trinajstić information content (AvgIpc) is 2.38. The molecule has 4 heteroatoms. The molecule has 1 aliphatic rings. The topological polar surface area (TPSA) is 57.6 Å². The Bertz CT molecular complexity index is 484. The lowest BCUT2D eigenvalue weighted by Gasteiger charge is -2.35. The number of aliphatic carboxylic acids is 1. The van der Waals surface area contributed by atoms with Crippen LogP contribution in [0.25, 0.3) is 0 Å². The molecular formula is C15H19NO3. The molecule has 102 valence electrons. The molecule has 0 aromatic heterocycles. The van der Waals surface area contributed by atoms with Gasteiger partial charge in [0.15, 0.2) is 0 Å². The molecule has 0 saturated heterocycles. The summed E-state index contributed by atoms with van der Waals surface area (Å²) in [6.07, 6.45) is 2.71. The van der Waals surface area contributed by atoms with Gasteiger partial charge >= 0.3 is 5.97 Å². The highest BCUT2D eigenvalue weighted by atomic mass is 16.4. The zero-order valence-electron chi connectivity index (χ0n) is 11.1. The van der Waals surface area contributed by atoms with E-state index in [0.717, 1.165) is 18.5 Å². The number of carboxylic acids is 1. The highest BCUT2D eigenvalue weighted by Gasteiger charge is 2.27. The smallest absolute Gasteiger partial charge is 0.303 e. The highest BCUT2D eigenvalue weighted by Crippen LogP contribution is 2.31. The van der Waals surface area contributed by atoms with E-state index in [0.29, 0.717) is 12.8 Å². The number of hydrogen-bond acceptors (Lipinski definition) is 2. The molecule has 0 fully saturated rings. The zero-order valence-corrected chi connectivity index (χ0v) is 11.1. The van der Waals surface area contributed by atoms with Crippen molar-refractivity contribution in [2.45, 2.75) is 45.1 Å². The van der Waals surface area contributed by atoms with Gasteiger partial charge in [0, 0.05) is 24.6 Å². The van der Waals surface area contributed by atoms with E-state index in [4.69, 9.17) is 5.11 Å². The van der Waals surface area contributed by atoms with Crippen LogP contribution >= 0.6 is 0 Å². The molecule has 1 aromatic rings. The van der Waals surface area contributed by atoms with Crippen molar-refractivity contribution in [1.29, 1.82) is 0 Å². The Labute approximate surface area is 113 Å². The number of carboxylic acid groups (broad SMARTS) is 1. The number of rotatable bonds is 4. The van der Waals surface area contributed by atoms with E-state index in [-0.39, 0.29) is 18.4 Å². The molecule has 4 nitrogen and oxygen atoms in total. The summed E-state index contributed by atoms with van der Waals surface area (Å²) >= 11 is 0. The molecule has 0 aliphatic carbocycles. The van der Waals surface area contributed by atoms with Crippen molar-refractivity contribution in [2.75, 3.05) is 4.90 Å². The summed E-state index contributed by atoms with van der Waals surface area (Å²) in [5.74, 6) is -0.819. The van der Waals surface area contributed by atoms with Gasteiger partial charge in [-0.1, -0.05) is 18.2 Å². The number of benzene rings is 1. The lowest BCUT2D eigenvalue weighted by atomic mass is 9.96. The molecular weight excluding hydrogens is 242 g/mol. The first-order valence-electron chi connectivity index (χ1n) is 6.71. The summed E-state index contributed by atoms with van der Waals surface area (Å²) in [6.45, 7) is 2.05. The number of carbonyl (C=O) groups excluding carboxylic acids is 1. The molecule has 1 aromatic carbocycles. The number of fused-ring (bicyclic) bond motifs is 1. The van der Waals surface area contributed by atoms with E-state index < -0.39 is 5.97 Å². The Morgan fingerprint density at radius 3 is 2.79 bits per heavy atom.